The number of hydrogen-bond donors (Lipinski definition) is 2. The zero-order valence-electron chi connectivity index (χ0n) is 19.5. The number of piperazine rings is 1. The average Bonchev–Trinajstić information content (AvgIpc) is 2.86. The van der Waals surface area contributed by atoms with Gasteiger partial charge in [-0.25, -0.2) is 0 Å². The minimum Gasteiger partial charge on any atom is -0.368 e. The van der Waals surface area contributed by atoms with E-state index in [9.17, 15) is 4.79 Å². The molecule has 1 saturated heterocycles. The molecule has 4 aromatic rings. The molecule has 1 heterocycles. The third-order valence-corrected chi connectivity index (χ3v) is 7.19. The predicted molar refractivity (Wildman–Crippen MR) is 144 cm³/mol. The van der Waals surface area contributed by atoms with Gasteiger partial charge in [0.2, 0.25) is 0 Å². The van der Waals surface area contributed by atoms with Gasteiger partial charge in [-0.3, -0.25) is 4.79 Å². The number of fused-ring (bicyclic) bond motifs is 2. The zero-order chi connectivity index (χ0) is 23.7. The number of nitrogens with zero attached hydrogens (tertiary/aromatic N) is 1. The minimum atomic E-state index is -0.372. The highest BCUT2D eigenvalue weighted by molar-refractivity contribution is 6.34. The number of benzene rings is 4. The summed E-state index contributed by atoms with van der Waals surface area (Å²) in [6.45, 7) is 5.52. The molecule has 1 aliphatic rings. The summed E-state index contributed by atoms with van der Waals surface area (Å²) >= 11 is 6.80. The first-order chi connectivity index (χ1) is 16.6. The van der Waals surface area contributed by atoms with Crippen LogP contribution >= 0.6 is 11.6 Å². The highest BCUT2D eigenvalue weighted by Gasteiger charge is 2.28. The first kappa shape index (κ1) is 22.7. The molecule has 0 aromatic heterocycles. The largest absolute Gasteiger partial charge is 0.368 e. The summed E-state index contributed by atoms with van der Waals surface area (Å²) in [4.78, 5) is 15.5. The Labute approximate surface area is 205 Å². The maximum atomic E-state index is 13.2. The van der Waals surface area contributed by atoms with Gasteiger partial charge in [-0.1, -0.05) is 67.4 Å². The second-order valence-electron chi connectivity index (χ2n) is 9.01. The fraction of sp³-hybridized carbons (Fsp3) is 0.276. The van der Waals surface area contributed by atoms with E-state index in [2.05, 4.69) is 59.6 Å². The molecule has 0 saturated carbocycles. The average molecular weight is 472 g/mol. The van der Waals surface area contributed by atoms with E-state index in [1.807, 2.05) is 18.2 Å². The molecule has 1 aliphatic heterocycles. The Kier molecular flexibility index (Phi) is 6.44. The molecule has 0 aliphatic carbocycles. The van der Waals surface area contributed by atoms with Crippen LogP contribution in [0.25, 0.3) is 32.7 Å². The Morgan fingerprint density at radius 2 is 1.65 bits per heavy atom. The number of amides is 1. The van der Waals surface area contributed by atoms with Crippen LogP contribution in [0.15, 0.2) is 60.7 Å². The molecule has 1 fully saturated rings. The summed E-state index contributed by atoms with van der Waals surface area (Å²) in [5.41, 5.74) is 10.7. The number of unbranched alkanes of at least 4 members (excludes halogenated alkanes) is 1. The molecular formula is C29H30ClN3O. The Balaban J connectivity index is 1.99. The van der Waals surface area contributed by atoms with E-state index in [1.54, 1.807) is 0 Å². The van der Waals surface area contributed by atoms with E-state index < -0.39 is 0 Å². The van der Waals surface area contributed by atoms with Crippen LogP contribution in [0.5, 0.6) is 0 Å². The van der Waals surface area contributed by atoms with E-state index in [4.69, 9.17) is 17.3 Å². The number of anilines is 1. The minimum absolute atomic E-state index is 0.372. The van der Waals surface area contributed by atoms with Crippen molar-refractivity contribution in [3.63, 3.8) is 0 Å². The highest BCUT2D eigenvalue weighted by atomic mass is 35.5. The van der Waals surface area contributed by atoms with Gasteiger partial charge in [0.05, 0.1) is 11.3 Å². The number of halogens is 1. The topological polar surface area (TPSA) is 58.4 Å². The molecule has 5 heteroatoms. The van der Waals surface area contributed by atoms with Crippen molar-refractivity contribution < 1.29 is 4.79 Å². The van der Waals surface area contributed by atoms with Crippen molar-refractivity contribution in [2.45, 2.75) is 26.2 Å². The van der Waals surface area contributed by atoms with Crippen molar-refractivity contribution in [3.05, 3.63) is 76.8 Å². The van der Waals surface area contributed by atoms with Gasteiger partial charge < -0.3 is 16.0 Å². The fourth-order valence-electron chi connectivity index (χ4n) is 5.25. The van der Waals surface area contributed by atoms with Crippen molar-refractivity contribution in [3.8, 4) is 11.1 Å². The molecule has 34 heavy (non-hydrogen) atoms. The molecule has 1 amide bonds. The number of nitrogens with one attached hydrogen (secondary N) is 1. The summed E-state index contributed by atoms with van der Waals surface area (Å²) in [7, 11) is 0. The van der Waals surface area contributed by atoms with Crippen LogP contribution < -0.4 is 16.0 Å². The van der Waals surface area contributed by atoms with E-state index in [-0.39, 0.29) is 5.91 Å². The molecule has 4 aromatic carbocycles. The molecule has 0 bridgehead atoms. The summed E-state index contributed by atoms with van der Waals surface area (Å²) < 4.78 is 0. The second kappa shape index (κ2) is 9.65. The summed E-state index contributed by atoms with van der Waals surface area (Å²) in [6, 6.07) is 20.8. The summed E-state index contributed by atoms with van der Waals surface area (Å²) in [5, 5.41) is 8.64. The van der Waals surface area contributed by atoms with Crippen molar-refractivity contribution in [2.24, 2.45) is 5.73 Å². The van der Waals surface area contributed by atoms with Crippen LogP contribution in [-0.2, 0) is 6.42 Å². The molecule has 4 nitrogen and oxygen atoms in total. The van der Waals surface area contributed by atoms with Gasteiger partial charge in [0, 0.05) is 42.3 Å². The fourth-order valence-corrected chi connectivity index (χ4v) is 5.48. The number of rotatable bonds is 6. The first-order valence-electron chi connectivity index (χ1n) is 12.1. The first-order valence-corrected chi connectivity index (χ1v) is 12.5. The van der Waals surface area contributed by atoms with Gasteiger partial charge in [0.1, 0.15) is 0 Å². The standard InChI is InChI=1S/C29H30ClN3O/c1-2-3-10-21-23-17-19-8-4-5-9-20(19)18-24(23)26(22-11-6-7-12-25(22)30)28(27(21)29(31)34)33-15-13-32-14-16-33/h4-9,11-12,17-18,32H,2-3,10,13-16H2,1H3,(H2,31,34). The van der Waals surface area contributed by atoms with E-state index in [0.717, 1.165) is 84.0 Å². The lowest BCUT2D eigenvalue weighted by Gasteiger charge is -2.34. The molecule has 5 rings (SSSR count). The molecule has 0 radical (unpaired) electrons. The van der Waals surface area contributed by atoms with Gasteiger partial charge in [-0.2, -0.15) is 0 Å². The lowest BCUT2D eigenvalue weighted by molar-refractivity contribution is 0.1000. The normalized spacial score (nSPS) is 14.1. The van der Waals surface area contributed by atoms with E-state index in [1.165, 1.54) is 5.39 Å². The van der Waals surface area contributed by atoms with E-state index in [0.29, 0.717) is 10.6 Å². The van der Waals surface area contributed by atoms with Gasteiger partial charge in [-0.05, 0) is 58.1 Å². The lowest BCUT2D eigenvalue weighted by atomic mass is 9.85. The molecule has 0 unspecified atom stereocenters. The summed E-state index contributed by atoms with van der Waals surface area (Å²) in [5.74, 6) is -0.372. The number of nitrogens with two attached hydrogens (primary N) is 1. The highest BCUT2D eigenvalue weighted by Crippen LogP contribution is 2.46. The van der Waals surface area contributed by atoms with Crippen molar-refractivity contribution in [1.82, 2.24) is 5.32 Å². The van der Waals surface area contributed by atoms with Crippen LogP contribution in [0.2, 0.25) is 5.02 Å². The van der Waals surface area contributed by atoms with Gasteiger partial charge >= 0.3 is 0 Å². The molecule has 3 N–H and O–H groups in total. The monoisotopic (exact) mass is 471 g/mol. The van der Waals surface area contributed by atoms with Crippen LogP contribution in [0.4, 0.5) is 5.69 Å². The predicted octanol–water partition coefficient (Wildman–Crippen LogP) is 6.16. The third kappa shape index (κ3) is 4.02. The Morgan fingerprint density at radius 3 is 2.29 bits per heavy atom. The molecular weight excluding hydrogens is 442 g/mol. The van der Waals surface area contributed by atoms with Crippen LogP contribution in [-0.4, -0.2) is 32.1 Å². The number of carbonyl (C=O) groups is 1. The van der Waals surface area contributed by atoms with Crippen LogP contribution in [0.3, 0.4) is 0 Å². The van der Waals surface area contributed by atoms with Crippen molar-refractivity contribution >= 4 is 44.7 Å². The maximum Gasteiger partial charge on any atom is 0.251 e. The maximum absolute atomic E-state index is 13.2. The molecule has 0 spiro atoms. The Morgan fingerprint density at radius 1 is 1.00 bits per heavy atom. The number of hydrogen-bond acceptors (Lipinski definition) is 3. The van der Waals surface area contributed by atoms with Crippen molar-refractivity contribution in [2.75, 3.05) is 31.1 Å². The van der Waals surface area contributed by atoms with Crippen LogP contribution in [0, 0.1) is 0 Å². The third-order valence-electron chi connectivity index (χ3n) is 6.86. The smallest absolute Gasteiger partial charge is 0.251 e. The lowest BCUT2D eigenvalue weighted by Crippen LogP contribution is -2.44. The second-order valence-corrected chi connectivity index (χ2v) is 9.41. The van der Waals surface area contributed by atoms with Crippen LogP contribution in [0.1, 0.15) is 35.7 Å². The zero-order valence-corrected chi connectivity index (χ0v) is 20.3. The van der Waals surface area contributed by atoms with Gasteiger partial charge in [0.25, 0.3) is 5.91 Å². The molecule has 0 atom stereocenters. The number of primary amides is 1. The van der Waals surface area contributed by atoms with Crippen molar-refractivity contribution in [1.29, 1.82) is 0 Å². The number of aryl methyl sites for hydroxylation is 1. The van der Waals surface area contributed by atoms with Gasteiger partial charge in [-0.15, -0.1) is 0 Å². The molecule has 174 valence electrons. The summed E-state index contributed by atoms with van der Waals surface area (Å²) in [6.07, 6.45) is 2.85. The quantitative estimate of drug-likeness (QED) is 0.331. The van der Waals surface area contributed by atoms with Gasteiger partial charge in [0.15, 0.2) is 0 Å². The van der Waals surface area contributed by atoms with E-state index >= 15 is 0 Å². The Hall–Kier alpha value is -3.08. The Bertz CT molecular complexity index is 1380. The SMILES string of the molecule is CCCCc1c(C(N)=O)c(N2CCNCC2)c(-c2ccccc2Cl)c2cc3ccccc3cc12. The number of carbonyl (C=O) groups excluding carboxylic acids is 1.